The van der Waals surface area contributed by atoms with E-state index >= 15 is 0 Å². The maximum absolute atomic E-state index is 12.3. The lowest BCUT2D eigenvalue weighted by atomic mass is 10.1. The summed E-state index contributed by atoms with van der Waals surface area (Å²) < 4.78 is 0. The summed E-state index contributed by atoms with van der Waals surface area (Å²) in [7, 11) is 0. The standard InChI is InChI=1S/C36H48N6O4/c37-21-27-8-5-10-29(18-27)23-39-33(43)14-1-3-16-35(45)41-25-31-12-7-13-32(20-31)26-42-36(46)17-4-2-15-34(44)40-24-30-11-6-9-28(19-30)22-38/h5-13,18-20H,1-4,14-17,21-26,37-38H2,(H,39,43)(H,40,44)(H,41,45)(H,42,46). The second-order valence-electron chi connectivity index (χ2n) is 11.4. The Balaban J connectivity index is 1.22. The number of hydrogen-bond donors (Lipinski definition) is 6. The van der Waals surface area contributed by atoms with Gasteiger partial charge in [-0.3, -0.25) is 19.2 Å². The molecule has 0 atom stereocenters. The van der Waals surface area contributed by atoms with Crippen molar-refractivity contribution in [3.63, 3.8) is 0 Å². The molecule has 8 N–H and O–H groups in total. The summed E-state index contributed by atoms with van der Waals surface area (Å²) in [5.41, 5.74) is 17.3. The van der Waals surface area contributed by atoms with E-state index in [1.54, 1.807) is 0 Å². The van der Waals surface area contributed by atoms with Crippen LogP contribution in [0.25, 0.3) is 0 Å². The van der Waals surface area contributed by atoms with Crippen molar-refractivity contribution >= 4 is 23.6 Å². The minimum Gasteiger partial charge on any atom is -0.352 e. The fraction of sp³-hybridized carbons (Fsp3) is 0.389. The molecule has 0 aliphatic rings. The van der Waals surface area contributed by atoms with Gasteiger partial charge in [-0.15, -0.1) is 0 Å². The van der Waals surface area contributed by atoms with Gasteiger partial charge in [0.2, 0.25) is 23.6 Å². The zero-order valence-electron chi connectivity index (χ0n) is 26.6. The SMILES string of the molecule is NCc1cccc(CNC(=O)CCCCC(=O)NCc2cccc(CNC(=O)CCCCC(=O)NCc3cccc(CN)c3)c2)c1. The Hall–Kier alpha value is -4.54. The van der Waals surface area contributed by atoms with E-state index in [9.17, 15) is 19.2 Å². The number of unbranched alkanes of at least 4 members (excludes halogenated alkanes) is 2. The summed E-state index contributed by atoms with van der Waals surface area (Å²) >= 11 is 0. The molecule has 10 nitrogen and oxygen atoms in total. The first-order valence-electron chi connectivity index (χ1n) is 16.0. The molecule has 3 rings (SSSR count). The predicted molar refractivity (Wildman–Crippen MR) is 179 cm³/mol. The molecule has 0 unspecified atom stereocenters. The molecule has 0 heterocycles. The van der Waals surface area contributed by atoms with E-state index in [2.05, 4.69) is 21.3 Å². The van der Waals surface area contributed by atoms with Gasteiger partial charge in [-0.05, 0) is 59.1 Å². The number of amides is 4. The first-order valence-corrected chi connectivity index (χ1v) is 16.0. The first-order chi connectivity index (χ1) is 22.3. The Kier molecular flexibility index (Phi) is 16.0. The molecular weight excluding hydrogens is 580 g/mol. The van der Waals surface area contributed by atoms with Crippen LogP contribution in [-0.4, -0.2) is 23.6 Å². The zero-order valence-corrected chi connectivity index (χ0v) is 26.6. The molecule has 0 spiro atoms. The van der Waals surface area contributed by atoms with Crippen molar-refractivity contribution < 1.29 is 19.2 Å². The van der Waals surface area contributed by atoms with E-state index in [-0.39, 0.29) is 23.6 Å². The number of nitrogens with one attached hydrogen (secondary N) is 4. The molecule has 0 bridgehead atoms. The molecule has 46 heavy (non-hydrogen) atoms. The average Bonchev–Trinajstić information content (AvgIpc) is 3.08. The summed E-state index contributed by atoms with van der Waals surface area (Å²) in [6, 6.07) is 23.4. The Bertz CT molecular complexity index is 1320. The van der Waals surface area contributed by atoms with Gasteiger partial charge in [-0.2, -0.15) is 0 Å². The van der Waals surface area contributed by atoms with E-state index < -0.39 is 0 Å². The molecule has 0 saturated carbocycles. The van der Waals surface area contributed by atoms with Crippen molar-refractivity contribution in [3.05, 3.63) is 106 Å². The Morgan fingerprint density at radius 3 is 0.913 bits per heavy atom. The smallest absolute Gasteiger partial charge is 0.220 e. The molecule has 0 aromatic heterocycles. The average molecular weight is 629 g/mol. The number of carbonyl (C=O) groups is 4. The summed E-state index contributed by atoms with van der Waals surface area (Å²) in [6.45, 7) is 2.64. The molecule has 0 aliphatic heterocycles. The van der Waals surface area contributed by atoms with Crippen LogP contribution in [0.5, 0.6) is 0 Å². The molecule has 3 aromatic carbocycles. The van der Waals surface area contributed by atoms with Crippen LogP contribution in [-0.2, 0) is 58.4 Å². The van der Waals surface area contributed by atoms with Gasteiger partial charge in [-0.1, -0.05) is 72.8 Å². The minimum atomic E-state index is -0.0628. The van der Waals surface area contributed by atoms with Crippen molar-refractivity contribution in [2.75, 3.05) is 0 Å². The molecule has 4 amide bonds. The number of carbonyl (C=O) groups excluding carboxylic acids is 4. The van der Waals surface area contributed by atoms with Crippen LogP contribution in [0.2, 0.25) is 0 Å². The van der Waals surface area contributed by atoms with Crippen molar-refractivity contribution in [3.8, 4) is 0 Å². The van der Waals surface area contributed by atoms with Crippen molar-refractivity contribution in [1.29, 1.82) is 0 Å². The van der Waals surface area contributed by atoms with Crippen LogP contribution < -0.4 is 32.7 Å². The van der Waals surface area contributed by atoms with Crippen molar-refractivity contribution in [1.82, 2.24) is 21.3 Å². The zero-order chi connectivity index (χ0) is 33.0. The van der Waals surface area contributed by atoms with Crippen LogP contribution in [0.1, 0.15) is 84.7 Å². The monoisotopic (exact) mass is 628 g/mol. The fourth-order valence-corrected chi connectivity index (χ4v) is 4.88. The van der Waals surface area contributed by atoms with Gasteiger partial charge in [0.05, 0.1) is 0 Å². The highest BCUT2D eigenvalue weighted by Crippen LogP contribution is 2.09. The normalized spacial score (nSPS) is 10.7. The summed E-state index contributed by atoms with van der Waals surface area (Å²) in [6.07, 6.45) is 3.98. The van der Waals surface area contributed by atoms with Crippen LogP contribution in [0.15, 0.2) is 72.8 Å². The quantitative estimate of drug-likeness (QED) is 0.105. The van der Waals surface area contributed by atoms with Gasteiger partial charge in [0.1, 0.15) is 0 Å². The van der Waals surface area contributed by atoms with Gasteiger partial charge < -0.3 is 32.7 Å². The number of nitrogens with two attached hydrogens (primary N) is 2. The Labute approximate surface area is 272 Å². The fourth-order valence-electron chi connectivity index (χ4n) is 4.88. The van der Waals surface area contributed by atoms with E-state index in [0.717, 1.165) is 33.4 Å². The highest BCUT2D eigenvalue weighted by atomic mass is 16.2. The topological polar surface area (TPSA) is 168 Å². The van der Waals surface area contributed by atoms with Crippen LogP contribution in [0, 0.1) is 0 Å². The van der Waals surface area contributed by atoms with Crippen molar-refractivity contribution in [2.24, 2.45) is 11.5 Å². The van der Waals surface area contributed by atoms with Gasteiger partial charge in [0.15, 0.2) is 0 Å². The van der Waals surface area contributed by atoms with Gasteiger partial charge in [-0.25, -0.2) is 0 Å². The number of benzene rings is 3. The Morgan fingerprint density at radius 1 is 0.413 bits per heavy atom. The summed E-state index contributed by atoms with van der Waals surface area (Å²) in [4.78, 5) is 48.9. The molecule has 3 aromatic rings. The van der Waals surface area contributed by atoms with Crippen LogP contribution in [0.3, 0.4) is 0 Å². The highest BCUT2D eigenvalue weighted by Gasteiger charge is 2.08. The van der Waals surface area contributed by atoms with Crippen LogP contribution in [0.4, 0.5) is 0 Å². The second kappa shape index (κ2) is 20.5. The third kappa shape index (κ3) is 14.5. The maximum atomic E-state index is 12.3. The van der Waals surface area contributed by atoms with E-state index in [0.29, 0.717) is 90.6 Å². The van der Waals surface area contributed by atoms with Gasteiger partial charge >= 0.3 is 0 Å². The Morgan fingerprint density at radius 2 is 0.652 bits per heavy atom. The van der Waals surface area contributed by atoms with Crippen molar-refractivity contribution in [2.45, 2.75) is 90.6 Å². The van der Waals surface area contributed by atoms with Gasteiger partial charge in [0, 0.05) is 65.0 Å². The number of rotatable bonds is 20. The van der Waals surface area contributed by atoms with E-state index in [4.69, 9.17) is 11.5 Å². The molecule has 0 saturated heterocycles. The minimum absolute atomic E-state index is 0.0356. The molecule has 10 heteroatoms. The molecular formula is C36H48N6O4. The summed E-state index contributed by atoms with van der Waals surface area (Å²) in [5.74, 6) is -0.197. The molecule has 0 radical (unpaired) electrons. The lowest BCUT2D eigenvalue weighted by molar-refractivity contribution is -0.123. The predicted octanol–water partition coefficient (Wildman–Crippen LogP) is 3.59. The molecule has 0 fully saturated rings. The molecule has 0 aliphatic carbocycles. The first kappa shape index (κ1) is 35.9. The lowest BCUT2D eigenvalue weighted by Gasteiger charge is -2.09. The second-order valence-corrected chi connectivity index (χ2v) is 11.4. The van der Waals surface area contributed by atoms with E-state index in [1.807, 2.05) is 72.8 Å². The van der Waals surface area contributed by atoms with Crippen LogP contribution >= 0.6 is 0 Å². The van der Waals surface area contributed by atoms with E-state index in [1.165, 1.54) is 0 Å². The largest absolute Gasteiger partial charge is 0.352 e. The molecule has 246 valence electrons. The lowest BCUT2D eigenvalue weighted by Crippen LogP contribution is -2.24. The third-order valence-electron chi connectivity index (χ3n) is 7.52. The van der Waals surface area contributed by atoms with Gasteiger partial charge in [0.25, 0.3) is 0 Å². The highest BCUT2D eigenvalue weighted by molar-refractivity contribution is 5.78. The summed E-state index contributed by atoms with van der Waals surface area (Å²) in [5, 5.41) is 11.7. The third-order valence-corrected chi connectivity index (χ3v) is 7.52. The number of hydrogen-bond acceptors (Lipinski definition) is 6. The maximum Gasteiger partial charge on any atom is 0.220 e.